The number of nitrogens with two attached hydrogens (primary N) is 1. The van der Waals surface area contributed by atoms with E-state index in [1.807, 2.05) is 0 Å². The molecule has 108 valence electrons. The lowest BCUT2D eigenvalue weighted by Gasteiger charge is -2.27. The fraction of sp³-hybridized carbons (Fsp3) is 0.133. The molecule has 1 heterocycles. The third-order valence-electron chi connectivity index (χ3n) is 3.39. The van der Waals surface area contributed by atoms with Crippen LogP contribution in [0.4, 0.5) is 14.5 Å². The summed E-state index contributed by atoms with van der Waals surface area (Å²) in [6, 6.07) is 10.4. The summed E-state index contributed by atoms with van der Waals surface area (Å²) >= 11 is 3.36. The van der Waals surface area contributed by atoms with Gasteiger partial charge in [-0.2, -0.15) is 0 Å². The maximum atomic E-state index is 13.4. The van der Waals surface area contributed by atoms with Gasteiger partial charge in [-0.25, -0.2) is 8.78 Å². The Morgan fingerprint density at radius 3 is 2.62 bits per heavy atom. The van der Waals surface area contributed by atoms with Gasteiger partial charge in [0.05, 0.1) is 12.6 Å². The first-order valence-electron chi connectivity index (χ1n) is 6.36. The van der Waals surface area contributed by atoms with E-state index in [1.165, 1.54) is 24.3 Å². The summed E-state index contributed by atoms with van der Waals surface area (Å²) in [7, 11) is 0. The van der Waals surface area contributed by atoms with Crippen molar-refractivity contribution in [2.75, 3.05) is 11.4 Å². The van der Waals surface area contributed by atoms with Gasteiger partial charge in [0.25, 0.3) is 0 Å². The third kappa shape index (κ3) is 2.63. The van der Waals surface area contributed by atoms with Gasteiger partial charge in [-0.1, -0.05) is 28.1 Å². The first-order valence-corrected chi connectivity index (χ1v) is 7.15. The van der Waals surface area contributed by atoms with Crippen molar-refractivity contribution in [2.24, 2.45) is 10.7 Å². The Bertz CT molecular complexity index is 718. The van der Waals surface area contributed by atoms with Crippen molar-refractivity contribution in [3.8, 4) is 0 Å². The average molecular weight is 352 g/mol. The normalized spacial score (nSPS) is 18.0. The Morgan fingerprint density at radius 1 is 1.14 bits per heavy atom. The van der Waals surface area contributed by atoms with E-state index in [0.717, 1.165) is 5.56 Å². The first-order chi connectivity index (χ1) is 10.1. The van der Waals surface area contributed by atoms with Crippen molar-refractivity contribution in [2.45, 2.75) is 6.04 Å². The quantitative estimate of drug-likeness (QED) is 0.897. The lowest BCUT2D eigenvalue weighted by Crippen LogP contribution is -2.36. The number of hydrogen-bond donors (Lipinski definition) is 1. The van der Waals surface area contributed by atoms with Crippen molar-refractivity contribution in [3.05, 3.63) is 64.1 Å². The number of nitrogens with zero attached hydrogens (tertiary/aromatic N) is 2. The number of benzene rings is 2. The van der Waals surface area contributed by atoms with Gasteiger partial charge in [-0.15, -0.1) is 0 Å². The molecule has 6 heteroatoms. The number of guanidine groups is 1. The second-order valence-electron chi connectivity index (χ2n) is 4.73. The molecule has 0 bridgehead atoms. The van der Waals surface area contributed by atoms with Crippen LogP contribution in [0.2, 0.25) is 0 Å². The molecule has 1 aliphatic rings. The molecule has 2 aromatic carbocycles. The molecule has 2 aromatic rings. The number of aliphatic imine (C=N–C) groups is 1. The van der Waals surface area contributed by atoms with Crippen LogP contribution < -0.4 is 10.6 Å². The minimum absolute atomic E-state index is 0.193. The van der Waals surface area contributed by atoms with E-state index in [0.29, 0.717) is 22.7 Å². The molecule has 0 saturated heterocycles. The maximum absolute atomic E-state index is 13.4. The summed E-state index contributed by atoms with van der Waals surface area (Å²) in [5, 5.41) is 0. The van der Waals surface area contributed by atoms with Crippen LogP contribution >= 0.6 is 15.9 Å². The van der Waals surface area contributed by atoms with E-state index in [-0.39, 0.29) is 17.7 Å². The molecule has 2 N–H and O–H groups in total. The van der Waals surface area contributed by atoms with E-state index >= 15 is 0 Å². The molecule has 0 saturated carbocycles. The zero-order chi connectivity index (χ0) is 15.0. The fourth-order valence-electron chi connectivity index (χ4n) is 2.44. The largest absolute Gasteiger partial charge is 0.369 e. The Labute approximate surface area is 129 Å². The van der Waals surface area contributed by atoms with Gasteiger partial charge in [0.1, 0.15) is 11.6 Å². The minimum atomic E-state index is -0.343. The SMILES string of the molecule is NC1=NCC(c2ccc(F)cc2Br)N1c1cccc(F)c1. The minimum Gasteiger partial charge on any atom is -0.369 e. The topological polar surface area (TPSA) is 41.6 Å². The molecule has 0 amide bonds. The van der Waals surface area contributed by atoms with E-state index < -0.39 is 0 Å². The molecular weight excluding hydrogens is 340 g/mol. The molecule has 0 aliphatic carbocycles. The molecule has 0 spiro atoms. The van der Waals surface area contributed by atoms with E-state index in [1.54, 1.807) is 23.1 Å². The molecule has 1 aliphatic heterocycles. The third-order valence-corrected chi connectivity index (χ3v) is 4.08. The van der Waals surface area contributed by atoms with Crippen LogP contribution in [-0.4, -0.2) is 12.5 Å². The van der Waals surface area contributed by atoms with Crippen molar-refractivity contribution in [3.63, 3.8) is 0 Å². The Kier molecular flexibility index (Phi) is 3.63. The molecule has 0 fully saturated rings. The fourth-order valence-corrected chi connectivity index (χ4v) is 3.06. The van der Waals surface area contributed by atoms with Crippen molar-refractivity contribution < 1.29 is 8.78 Å². The predicted molar refractivity (Wildman–Crippen MR) is 82.2 cm³/mol. The van der Waals surface area contributed by atoms with Crippen LogP contribution in [0.25, 0.3) is 0 Å². The van der Waals surface area contributed by atoms with E-state index in [2.05, 4.69) is 20.9 Å². The molecule has 0 aromatic heterocycles. The smallest absolute Gasteiger partial charge is 0.196 e. The summed E-state index contributed by atoms with van der Waals surface area (Å²) in [5.74, 6) is -0.347. The monoisotopic (exact) mass is 351 g/mol. The van der Waals surface area contributed by atoms with Crippen molar-refractivity contribution >= 4 is 27.6 Å². The zero-order valence-corrected chi connectivity index (χ0v) is 12.5. The number of anilines is 1. The predicted octanol–water partition coefficient (Wildman–Crippen LogP) is 3.60. The summed E-state index contributed by atoms with van der Waals surface area (Å²) in [6.45, 7) is 0.437. The highest BCUT2D eigenvalue weighted by atomic mass is 79.9. The Balaban J connectivity index is 2.03. The van der Waals surface area contributed by atoms with Gasteiger partial charge in [-0.3, -0.25) is 4.99 Å². The summed E-state index contributed by atoms with van der Waals surface area (Å²) in [4.78, 5) is 5.98. The second-order valence-corrected chi connectivity index (χ2v) is 5.58. The van der Waals surface area contributed by atoms with Crippen molar-refractivity contribution in [1.82, 2.24) is 0 Å². The number of rotatable bonds is 2. The Hall–Kier alpha value is -1.95. The average Bonchev–Trinajstić information content (AvgIpc) is 2.80. The van der Waals surface area contributed by atoms with Gasteiger partial charge in [-0.05, 0) is 35.9 Å². The highest BCUT2D eigenvalue weighted by Crippen LogP contribution is 2.35. The summed E-state index contributed by atoms with van der Waals surface area (Å²) in [5.41, 5.74) is 7.40. The molecule has 1 atom stereocenters. The zero-order valence-electron chi connectivity index (χ0n) is 10.9. The van der Waals surface area contributed by atoms with Crippen LogP contribution in [-0.2, 0) is 0 Å². The second kappa shape index (κ2) is 5.44. The number of halogens is 3. The van der Waals surface area contributed by atoms with Crippen molar-refractivity contribution in [1.29, 1.82) is 0 Å². The number of hydrogen-bond acceptors (Lipinski definition) is 3. The van der Waals surface area contributed by atoms with Crippen LogP contribution in [0.5, 0.6) is 0 Å². The van der Waals surface area contributed by atoms with Gasteiger partial charge in [0.2, 0.25) is 0 Å². The van der Waals surface area contributed by atoms with Gasteiger partial charge >= 0.3 is 0 Å². The van der Waals surface area contributed by atoms with Crippen LogP contribution in [0, 0.1) is 11.6 Å². The maximum Gasteiger partial charge on any atom is 0.196 e. The van der Waals surface area contributed by atoms with Gasteiger partial charge in [0, 0.05) is 10.2 Å². The lowest BCUT2D eigenvalue weighted by atomic mass is 10.1. The molecule has 0 radical (unpaired) electrons. The highest BCUT2D eigenvalue weighted by Gasteiger charge is 2.30. The van der Waals surface area contributed by atoms with Crippen LogP contribution in [0.1, 0.15) is 11.6 Å². The summed E-state index contributed by atoms with van der Waals surface area (Å²) in [6.07, 6.45) is 0. The summed E-state index contributed by atoms with van der Waals surface area (Å²) < 4.78 is 27.3. The molecule has 3 rings (SSSR count). The van der Waals surface area contributed by atoms with E-state index in [4.69, 9.17) is 5.73 Å². The highest BCUT2D eigenvalue weighted by molar-refractivity contribution is 9.10. The molecule has 1 unspecified atom stereocenters. The molecule has 21 heavy (non-hydrogen) atoms. The van der Waals surface area contributed by atoms with Gasteiger partial charge in [0.15, 0.2) is 5.96 Å². The molecular formula is C15H12BrF2N3. The van der Waals surface area contributed by atoms with Crippen LogP contribution in [0.15, 0.2) is 51.9 Å². The van der Waals surface area contributed by atoms with Crippen LogP contribution in [0.3, 0.4) is 0 Å². The first kappa shape index (κ1) is 14.0. The van der Waals surface area contributed by atoms with Gasteiger partial charge < -0.3 is 10.6 Å². The standard InChI is InChI=1S/C15H12BrF2N3/c16-13-7-10(18)4-5-12(13)14-8-20-15(19)21(14)11-3-1-2-9(17)6-11/h1-7,14H,8H2,(H2,19,20). The lowest BCUT2D eigenvalue weighted by molar-refractivity contribution is 0.623. The Morgan fingerprint density at radius 2 is 1.90 bits per heavy atom. The van der Waals surface area contributed by atoms with E-state index in [9.17, 15) is 8.78 Å². The molecule has 3 nitrogen and oxygen atoms in total.